The van der Waals surface area contributed by atoms with E-state index in [1.165, 1.54) is 30.3 Å². The van der Waals surface area contributed by atoms with E-state index in [1.807, 2.05) is 0 Å². The van der Waals surface area contributed by atoms with Crippen LogP contribution in [0.3, 0.4) is 0 Å². The largest absolute Gasteiger partial charge is 0.486 e. The van der Waals surface area contributed by atoms with Crippen molar-refractivity contribution in [2.24, 2.45) is 0 Å². The van der Waals surface area contributed by atoms with Crippen molar-refractivity contribution in [1.29, 1.82) is 0 Å². The van der Waals surface area contributed by atoms with Gasteiger partial charge in [0.25, 0.3) is 21.6 Å². The molecule has 1 aliphatic heterocycles. The fraction of sp³-hybridized carbons (Fsp3) is 0.0952. The predicted molar refractivity (Wildman–Crippen MR) is 116 cm³/mol. The second-order valence-corrected chi connectivity index (χ2v) is 8.34. The van der Waals surface area contributed by atoms with Crippen LogP contribution in [0.5, 0.6) is 11.5 Å². The SMILES string of the molecule is O=C(Nc1ccc2c(c1)OCCO2)c1ccccc1NS(=O)(=O)c1ccccc1[N+](=O)[O-]. The highest BCUT2D eigenvalue weighted by Crippen LogP contribution is 2.33. The third kappa shape index (κ3) is 4.32. The van der Waals surface area contributed by atoms with Gasteiger partial charge in [0, 0.05) is 17.8 Å². The van der Waals surface area contributed by atoms with E-state index < -0.39 is 31.4 Å². The van der Waals surface area contributed by atoms with Crippen LogP contribution in [-0.2, 0) is 10.0 Å². The summed E-state index contributed by atoms with van der Waals surface area (Å²) >= 11 is 0. The summed E-state index contributed by atoms with van der Waals surface area (Å²) in [5.41, 5.74) is -0.140. The van der Waals surface area contributed by atoms with Gasteiger partial charge in [0.1, 0.15) is 13.2 Å². The zero-order valence-corrected chi connectivity index (χ0v) is 17.3. The van der Waals surface area contributed by atoms with Crippen LogP contribution in [0, 0.1) is 10.1 Å². The number of sulfonamides is 1. The number of rotatable bonds is 6. The van der Waals surface area contributed by atoms with E-state index in [2.05, 4.69) is 10.0 Å². The van der Waals surface area contributed by atoms with Gasteiger partial charge in [-0.3, -0.25) is 19.6 Å². The molecule has 0 spiro atoms. The molecule has 3 aromatic carbocycles. The van der Waals surface area contributed by atoms with E-state index >= 15 is 0 Å². The molecule has 1 amide bonds. The highest BCUT2D eigenvalue weighted by atomic mass is 32.2. The number of benzene rings is 3. The number of carbonyl (C=O) groups is 1. The monoisotopic (exact) mass is 455 g/mol. The van der Waals surface area contributed by atoms with Crippen molar-refractivity contribution in [2.45, 2.75) is 4.90 Å². The highest BCUT2D eigenvalue weighted by Gasteiger charge is 2.26. The van der Waals surface area contributed by atoms with Gasteiger partial charge in [-0.15, -0.1) is 0 Å². The van der Waals surface area contributed by atoms with Crippen molar-refractivity contribution in [3.05, 3.63) is 82.4 Å². The molecule has 32 heavy (non-hydrogen) atoms. The summed E-state index contributed by atoms with van der Waals surface area (Å²) in [6.45, 7) is 0.826. The first-order valence-corrected chi connectivity index (χ1v) is 10.9. The summed E-state index contributed by atoms with van der Waals surface area (Å²) in [6, 6.07) is 15.8. The number of ether oxygens (including phenoxy) is 2. The Bertz CT molecular complexity index is 1310. The van der Waals surface area contributed by atoms with Gasteiger partial charge in [0.2, 0.25) is 0 Å². The predicted octanol–water partition coefficient (Wildman–Crippen LogP) is 3.42. The third-order valence-corrected chi connectivity index (χ3v) is 5.98. The lowest BCUT2D eigenvalue weighted by atomic mass is 10.1. The Morgan fingerprint density at radius 1 is 0.938 bits per heavy atom. The van der Waals surface area contributed by atoms with Crippen LogP contribution in [0.4, 0.5) is 17.1 Å². The van der Waals surface area contributed by atoms with E-state index in [0.29, 0.717) is 30.4 Å². The molecule has 11 heteroatoms. The average molecular weight is 455 g/mol. The molecule has 0 fully saturated rings. The summed E-state index contributed by atoms with van der Waals surface area (Å²) in [7, 11) is -4.34. The fourth-order valence-corrected chi connectivity index (χ4v) is 4.38. The minimum absolute atomic E-state index is 0.0271. The summed E-state index contributed by atoms with van der Waals surface area (Å²) < 4.78 is 38.9. The van der Waals surface area contributed by atoms with Crippen LogP contribution in [0.25, 0.3) is 0 Å². The maximum Gasteiger partial charge on any atom is 0.289 e. The Kier molecular flexibility index (Phi) is 5.65. The van der Waals surface area contributed by atoms with Crippen molar-refractivity contribution >= 4 is 33.0 Å². The minimum atomic E-state index is -4.34. The molecule has 0 bridgehead atoms. The van der Waals surface area contributed by atoms with E-state index in [1.54, 1.807) is 24.3 Å². The molecule has 0 saturated heterocycles. The van der Waals surface area contributed by atoms with Gasteiger partial charge >= 0.3 is 0 Å². The number of para-hydroxylation sites is 2. The number of anilines is 2. The van der Waals surface area contributed by atoms with Gasteiger partial charge in [-0.05, 0) is 30.3 Å². The summed E-state index contributed by atoms with van der Waals surface area (Å²) in [5.74, 6) is 0.467. The number of nitro groups is 1. The summed E-state index contributed by atoms with van der Waals surface area (Å²) in [4.78, 5) is 22.8. The molecule has 0 aromatic heterocycles. The lowest BCUT2D eigenvalue weighted by Crippen LogP contribution is -2.19. The van der Waals surface area contributed by atoms with Crippen LogP contribution in [0.2, 0.25) is 0 Å². The lowest BCUT2D eigenvalue weighted by molar-refractivity contribution is -0.387. The van der Waals surface area contributed by atoms with Crippen molar-refractivity contribution in [3.63, 3.8) is 0 Å². The van der Waals surface area contributed by atoms with Crippen molar-refractivity contribution in [2.75, 3.05) is 23.3 Å². The Morgan fingerprint density at radius 2 is 1.62 bits per heavy atom. The van der Waals surface area contributed by atoms with Crippen molar-refractivity contribution in [3.8, 4) is 11.5 Å². The average Bonchev–Trinajstić information content (AvgIpc) is 2.79. The highest BCUT2D eigenvalue weighted by molar-refractivity contribution is 7.92. The number of nitro benzene ring substituents is 1. The number of amides is 1. The number of hydrogen-bond acceptors (Lipinski definition) is 7. The number of fused-ring (bicyclic) bond motifs is 1. The number of nitrogens with zero attached hydrogens (tertiary/aromatic N) is 1. The zero-order valence-electron chi connectivity index (χ0n) is 16.5. The molecule has 0 radical (unpaired) electrons. The molecule has 1 heterocycles. The molecular weight excluding hydrogens is 438 g/mol. The van der Waals surface area contributed by atoms with Crippen LogP contribution in [-0.4, -0.2) is 32.5 Å². The molecule has 2 N–H and O–H groups in total. The minimum Gasteiger partial charge on any atom is -0.486 e. The number of hydrogen-bond donors (Lipinski definition) is 2. The molecule has 0 atom stereocenters. The van der Waals surface area contributed by atoms with E-state index in [9.17, 15) is 23.3 Å². The second kappa shape index (κ2) is 8.55. The summed E-state index contributed by atoms with van der Waals surface area (Å²) in [6.07, 6.45) is 0. The molecule has 0 saturated carbocycles. The molecule has 4 rings (SSSR count). The molecule has 3 aromatic rings. The topological polar surface area (TPSA) is 137 Å². The van der Waals surface area contributed by atoms with Crippen molar-refractivity contribution < 1.29 is 27.6 Å². The van der Waals surface area contributed by atoms with Crippen LogP contribution in [0.15, 0.2) is 71.6 Å². The van der Waals surface area contributed by atoms with E-state index in [4.69, 9.17) is 9.47 Å². The molecule has 0 aliphatic carbocycles. The zero-order chi connectivity index (χ0) is 22.7. The number of nitrogens with one attached hydrogen (secondary N) is 2. The van der Waals surface area contributed by atoms with Gasteiger partial charge in [0.15, 0.2) is 16.4 Å². The molecule has 164 valence electrons. The van der Waals surface area contributed by atoms with Gasteiger partial charge in [0.05, 0.1) is 16.2 Å². The quantitative estimate of drug-likeness (QED) is 0.429. The van der Waals surface area contributed by atoms with Gasteiger partial charge in [-0.2, -0.15) is 0 Å². The lowest BCUT2D eigenvalue weighted by Gasteiger charge is -2.19. The maximum absolute atomic E-state index is 12.9. The third-order valence-electron chi connectivity index (χ3n) is 4.57. The Hall–Kier alpha value is -4.12. The molecule has 1 aliphatic rings. The first-order valence-electron chi connectivity index (χ1n) is 9.41. The van der Waals surface area contributed by atoms with Gasteiger partial charge in [-0.25, -0.2) is 8.42 Å². The Morgan fingerprint density at radius 3 is 2.41 bits per heavy atom. The van der Waals surface area contributed by atoms with Gasteiger partial charge < -0.3 is 14.8 Å². The van der Waals surface area contributed by atoms with E-state index in [-0.39, 0.29) is 11.3 Å². The fourth-order valence-electron chi connectivity index (χ4n) is 3.12. The Balaban J connectivity index is 1.61. The van der Waals surface area contributed by atoms with Crippen LogP contribution >= 0.6 is 0 Å². The van der Waals surface area contributed by atoms with E-state index in [0.717, 1.165) is 12.1 Å². The summed E-state index contributed by atoms with van der Waals surface area (Å²) in [5, 5.41) is 13.9. The maximum atomic E-state index is 12.9. The normalized spacial score (nSPS) is 12.6. The van der Waals surface area contributed by atoms with Crippen LogP contribution in [0.1, 0.15) is 10.4 Å². The molecule has 0 unspecified atom stereocenters. The molecular formula is C21H17N3O7S. The van der Waals surface area contributed by atoms with Crippen molar-refractivity contribution in [1.82, 2.24) is 0 Å². The first kappa shape index (κ1) is 21.1. The standard InChI is InChI=1S/C21H17N3O7S/c25-21(22-14-9-10-18-19(13-14)31-12-11-30-18)15-5-1-2-6-16(15)23-32(28,29)20-8-4-3-7-17(20)24(26)27/h1-10,13,23H,11-12H2,(H,22,25). The van der Waals surface area contributed by atoms with Gasteiger partial charge in [-0.1, -0.05) is 24.3 Å². The molecule has 10 nitrogen and oxygen atoms in total. The first-order chi connectivity index (χ1) is 15.3. The smallest absolute Gasteiger partial charge is 0.289 e. The second-order valence-electron chi connectivity index (χ2n) is 6.69. The Labute approximate surface area is 183 Å². The van der Waals surface area contributed by atoms with Crippen LogP contribution < -0.4 is 19.5 Å². The number of carbonyl (C=O) groups excluding carboxylic acids is 1.